The van der Waals surface area contributed by atoms with Crippen LogP contribution in [0.2, 0.25) is 0 Å². The third-order valence-corrected chi connectivity index (χ3v) is 17.1. The summed E-state index contributed by atoms with van der Waals surface area (Å²) in [5.41, 5.74) is 17.2. The fourth-order valence-corrected chi connectivity index (χ4v) is 13.3. The van der Waals surface area contributed by atoms with Crippen molar-refractivity contribution in [2.75, 3.05) is 0 Å². The Kier molecular flexibility index (Phi) is 10.4. The first kappa shape index (κ1) is 47.8. The van der Waals surface area contributed by atoms with Gasteiger partial charge in [0.25, 0.3) is 6.33 Å². The van der Waals surface area contributed by atoms with Gasteiger partial charge in [0.2, 0.25) is 0 Å². The molecule has 0 radical (unpaired) electrons. The molecule has 0 aliphatic heterocycles. The molecule has 6 aromatic heterocycles. The summed E-state index contributed by atoms with van der Waals surface area (Å²) in [6, 6.07) is 93.6. The number of hydrogen-bond donors (Lipinski definition) is 0. The maximum atomic E-state index is 7.02. The van der Waals surface area contributed by atoms with E-state index >= 15 is 0 Å². The molecule has 0 N–H and O–H groups in total. The average Bonchev–Trinajstić information content (AvgIpc) is 1.82. The van der Waals surface area contributed by atoms with Crippen molar-refractivity contribution in [1.29, 1.82) is 0 Å². The summed E-state index contributed by atoms with van der Waals surface area (Å²) >= 11 is 0. The van der Waals surface area contributed by atoms with E-state index in [1.165, 1.54) is 43.5 Å². The molecule has 0 amide bonds. The normalized spacial score (nSPS) is 12.2. The monoisotopic (exact) mass is 1080 g/mol. The Morgan fingerprint density at radius 3 is 1.57 bits per heavy atom. The predicted octanol–water partition coefficient (Wildman–Crippen LogP) is 18.6. The van der Waals surface area contributed by atoms with Gasteiger partial charge >= 0.3 is 0 Å². The maximum Gasteiger partial charge on any atom is 0.269 e. The lowest BCUT2D eigenvalue weighted by molar-refractivity contribution is -0.570. The molecule has 0 saturated heterocycles. The first-order chi connectivity index (χ1) is 41.3. The number of fused-ring (bicyclic) bond motifs is 13. The van der Waals surface area contributed by atoms with Crippen LogP contribution in [0.15, 0.2) is 267 Å². The second-order valence-corrected chi connectivity index (χ2v) is 23.0. The van der Waals surface area contributed by atoms with E-state index in [1.807, 2.05) is 12.3 Å². The van der Waals surface area contributed by atoms with Gasteiger partial charge in [-0.25, -0.2) is 4.98 Å². The van der Waals surface area contributed by atoms with E-state index < -0.39 is 0 Å². The van der Waals surface area contributed by atoms with Gasteiger partial charge in [-0.15, -0.1) is 0 Å². The molecule has 398 valence electrons. The smallest absolute Gasteiger partial charge is 0.269 e. The summed E-state index contributed by atoms with van der Waals surface area (Å²) in [4.78, 5) is 5.06. The molecule has 8 heteroatoms. The highest BCUT2D eigenvalue weighted by molar-refractivity contribution is 6.15. The van der Waals surface area contributed by atoms with E-state index in [-0.39, 0.29) is 5.41 Å². The molecule has 17 rings (SSSR count). The fourth-order valence-electron chi connectivity index (χ4n) is 13.3. The zero-order chi connectivity index (χ0) is 55.8. The van der Waals surface area contributed by atoms with Gasteiger partial charge in [-0.3, -0.25) is 13.7 Å². The van der Waals surface area contributed by atoms with E-state index in [2.05, 4.69) is 309 Å². The summed E-state index contributed by atoms with van der Waals surface area (Å²) in [6.45, 7) is 6.75. The third-order valence-electron chi connectivity index (χ3n) is 17.1. The number of rotatable bonds is 8. The number of nitrogens with zero attached hydrogens (tertiary/aromatic N) is 7. The zero-order valence-corrected chi connectivity index (χ0v) is 46.4. The van der Waals surface area contributed by atoms with Gasteiger partial charge in [0.15, 0.2) is 0 Å². The van der Waals surface area contributed by atoms with Crippen LogP contribution in [0.4, 0.5) is 0 Å². The minimum absolute atomic E-state index is 0.0781. The van der Waals surface area contributed by atoms with E-state index in [4.69, 9.17) is 9.72 Å². The molecule has 84 heavy (non-hydrogen) atoms. The topological polar surface area (TPSA) is 50.6 Å². The molecule has 0 unspecified atom stereocenters. The zero-order valence-electron chi connectivity index (χ0n) is 46.4. The number of para-hydroxylation sites is 8. The Balaban J connectivity index is 0.841. The van der Waals surface area contributed by atoms with Crippen LogP contribution < -0.4 is 9.30 Å². The van der Waals surface area contributed by atoms with Crippen LogP contribution in [0, 0.1) is 6.33 Å². The quantitative estimate of drug-likeness (QED) is 0.112. The second kappa shape index (κ2) is 18.3. The fraction of sp³-hybridized carbons (Fsp3) is 0.0526. The molecule has 0 atom stereocenters. The average molecular weight is 1080 g/mol. The summed E-state index contributed by atoms with van der Waals surface area (Å²) < 4.78 is 21.0. The molecule has 0 aliphatic rings. The number of ether oxygens (including phenoxy) is 1. The highest BCUT2D eigenvalue weighted by Gasteiger charge is 2.26. The summed E-state index contributed by atoms with van der Waals surface area (Å²) in [5, 5.41) is 9.44. The third kappa shape index (κ3) is 7.20. The molecule has 0 saturated carbocycles. The lowest BCUT2D eigenvalue weighted by Gasteiger charge is -2.20. The van der Waals surface area contributed by atoms with Gasteiger partial charge in [0.1, 0.15) is 23.0 Å². The molecular weight excluding hydrogens is 1030 g/mol. The number of imidazole rings is 1. The molecular formula is C76H53N7O. The Morgan fingerprint density at radius 2 is 0.905 bits per heavy atom. The Hall–Kier alpha value is -11.0. The second-order valence-electron chi connectivity index (χ2n) is 23.0. The molecule has 0 spiro atoms. The Labute approximate surface area is 483 Å². The van der Waals surface area contributed by atoms with Crippen LogP contribution in [-0.4, -0.2) is 27.8 Å². The first-order valence-corrected chi connectivity index (χ1v) is 28.7. The highest BCUT2D eigenvalue weighted by atomic mass is 16.5. The van der Waals surface area contributed by atoms with Crippen LogP contribution in [-0.2, 0) is 5.41 Å². The minimum Gasteiger partial charge on any atom is -0.458 e. The largest absolute Gasteiger partial charge is 0.458 e. The number of benzene rings is 11. The van der Waals surface area contributed by atoms with Crippen LogP contribution in [0.25, 0.3) is 133 Å². The molecule has 0 fully saturated rings. The molecule has 6 heterocycles. The maximum absolute atomic E-state index is 7.02. The SMILES string of the molecule is CC(C)(C)c1ccnc(-n2c3ccc(-n4c5ccccc5c5ccccc54)cc3c3ccc(Oc4cccc(-n5[c-][n+](-c6c(-n7c8ccccc8c8ccccc87)ccc7c8ccccc8n(-c8ccccc8)c67)c6ccccc65)c4)cc32)c1. The van der Waals surface area contributed by atoms with Crippen molar-refractivity contribution in [2.24, 2.45) is 0 Å². The number of pyridine rings is 1. The van der Waals surface area contributed by atoms with Crippen molar-refractivity contribution in [2.45, 2.75) is 26.2 Å². The van der Waals surface area contributed by atoms with E-state index in [9.17, 15) is 0 Å². The van der Waals surface area contributed by atoms with Gasteiger partial charge < -0.3 is 18.4 Å². The summed E-state index contributed by atoms with van der Waals surface area (Å²) in [7, 11) is 0. The van der Waals surface area contributed by atoms with E-state index in [0.29, 0.717) is 11.5 Å². The van der Waals surface area contributed by atoms with E-state index in [1.54, 1.807) is 0 Å². The standard InChI is InChI=1S/C76H53N7O/c1-76(2,3)49-42-43-77-73(44-49)83-68-40-36-52(80-63-29-12-7-24-55(63)56-25-8-13-30-64(56)80)46-62(68)60-38-37-54(47-72(60)83)84-53-23-19-22-51(45-53)78-48-79(70-35-18-17-34-69(70)78)75-71(82-66-32-15-9-26-57(66)58-27-10-16-33-67(58)82)41-39-61-59-28-11-14-31-65(59)81(74(61)75)50-20-5-4-6-21-50/h4-47H,1-3H3. The van der Waals surface area contributed by atoms with Crippen LogP contribution in [0.3, 0.4) is 0 Å². The van der Waals surface area contributed by atoms with Crippen molar-refractivity contribution in [3.8, 4) is 45.8 Å². The van der Waals surface area contributed by atoms with Crippen molar-refractivity contribution < 1.29 is 9.30 Å². The lowest BCUT2D eigenvalue weighted by atomic mass is 9.88. The van der Waals surface area contributed by atoms with Crippen LogP contribution >= 0.6 is 0 Å². The molecule has 0 aliphatic carbocycles. The molecule has 17 aromatic rings. The van der Waals surface area contributed by atoms with Gasteiger partial charge in [-0.1, -0.05) is 166 Å². The summed E-state index contributed by atoms with van der Waals surface area (Å²) in [5.74, 6) is 2.27. The van der Waals surface area contributed by atoms with Crippen LogP contribution in [0.5, 0.6) is 11.5 Å². The molecule has 8 nitrogen and oxygen atoms in total. The highest BCUT2D eigenvalue weighted by Crippen LogP contribution is 2.43. The van der Waals surface area contributed by atoms with Gasteiger partial charge in [0.05, 0.1) is 66.5 Å². The van der Waals surface area contributed by atoms with Crippen molar-refractivity contribution in [1.82, 2.24) is 27.8 Å². The van der Waals surface area contributed by atoms with Crippen molar-refractivity contribution in [3.63, 3.8) is 0 Å². The van der Waals surface area contributed by atoms with E-state index in [0.717, 1.165) is 94.5 Å². The minimum atomic E-state index is -0.0781. The Morgan fingerprint density at radius 1 is 0.369 bits per heavy atom. The summed E-state index contributed by atoms with van der Waals surface area (Å²) in [6.07, 6.45) is 5.92. The number of hydrogen-bond acceptors (Lipinski definition) is 2. The van der Waals surface area contributed by atoms with Crippen molar-refractivity contribution >= 4 is 98.3 Å². The van der Waals surface area contributed by atoms with Gasteiger partial charge in [0, 0.05) is 66.7 Å². The van der Waals surface area contributed by atoms with Gasteiger partial charge in [-0.05, 0) is 120 Å². The number of aromatic nitrogens is 7. The molecule has 11 aromatic carbocycles. The van der Waals surface area contributed by atoms with Crippen molar-refractivity contribution in [3.05, 3.63) is 279 Å². The predicted molar refractivity (Wildman–Crippen MR) is 344 cm³/mol. The van der Waals surface area contributed by atoms with Gasteiger partial charge in [-0.2, -0.15) is 0 Å². The first-order valence-electron chi connectivity index (χ1n) is 28.7. The Bertz CT molecular complexity index is 5420. The molecule has 0 bridgehead atoms. The lowest BCUT2D eigenvalue weighted by Crippen LogP contribution is -2.32. The van der Waals surface area contributed by atoms with Crippen LogP contribution in [0.1, 0.15) is 26.3 Å².